The van der Waals surface area contributed by atoms with E-state index >= 15 is 0 Å². The first-order valence-electron chi connectivity index (χ1n) is 8.82. The van der Waals surface area contributed by atoms with E-state index in [2.05, 4.69) is 24.3 Å². The summed E-state index contributed by atoms with van der Waals surface area (Å²) in [5, 5.41) is 0. The van der Waals surface area contributed by atoms with Crippen LogP contribution in [0.5, 0.6) is 0 Å². The summed E-state index contributed by atoms with van der Waals surface area (Å²) in [6.45, 7) is 3.91. The predicted molar refractivity (Wildman–Crippen MR) is 88.2 cm³/mol. The molecule has 0 fully saturated rings. The molecule has 0 atom stereocenters. The number of rotatable bonds is 6. The second-order valence-corrected chi connectivity index (χ2v) is 10.9. The summed E-state index contributed by atoms with van der Waals surface area (Å²) in [6, 6.07) is 0. The van der Waals surface area contributed by atoms with E-state index in [1.54, 1.807) is 0 Å². The second kappa shape index (κ2) is 7.24. The normalized spacial score (nSPS) is 20.2. The molecule has 0 amide bonds. The number of allylic oxidation sites excluding steroid dienone is 8. The Balaban J connectivity index is 2.02. The van der Waals surface area contributed by atoms with Crippen LogP contribution in [0.25, 0.3) is 0 Å². The molecule has 0 unspecified atom stereocenters. The van der Waals surface area contributed by atoms with Crippen LogP contribution in [0.3, 0.4) is 0 Å². The Bertz CT molecular complexity index is 623. The van der Waals surface area contributed by atoms with Crippen LogP contribution in [0.4, 0.5) is 0 Å². The van der Waals surface area contributed by atoms with Crippen molar-refractivity contribution < 1.29 is 33.6 Å². The average Bonchev–Trinajstić information content (AvgIpc) is 3.17. The maximum absolute atomic E-state index is 12.4. The first-order valence-corrected chi connectivity index (χ1v) is 11.7. The summed E-state index contributed by atoms with van der Waals surface area (Å²) in [5.74, 6) is -0.470. The third-order valence-electron chi connectivity index (χ3n) is 4.66. The molecule has 1 aliphatic heterocycles. The molecule has 2 aliphatic carbocycles. The van der Waals surface area contributed by atoms with Gasteiger partial charge in [-0.05, 0) is 0 Å². The summed E-state index contributed by atoms with van der Waals surface area (Å²) < 4.78 is 14.4. The van der Waals surface area contributed by atoms with Gasteiger partial charge in [0.1, 0.15) is 0 Å². The van der Waals surface area contributed by atoms with Crippen LogP contribution >= 0.6 is 0 Å². The van der Waals surface area contributed by atoms with E-state index in [4.69, 9.17) is 6.64 Å². The van der Waals surface area contributed by atoms with E-state index in [-0.39, 0.29) is 11.9 Å². The number of hydrogen-bond acceptors (Lipinski definition) is 4. The van der Waals surface area contributed by atoms with Crippen molar-refractivity contribution in [1.82, 2.24) is 0 Å². The second-order valence-electron chi connectivity index (χ2n) is 6.46. The van der Waals surface area contributed by atoms with Gasteiger partial charge < -0.3 is 0 Å². The number of carbonyl (C=O) groups excluding carboxylic acids is 2. The van der Waals surface area contributed by atoms with Crippen molar-refractivity contribution in [3.8, 4) is 0 Å². The Labute approximate surface area is 147 Å². The Morgan fingerprint density at radius 1 is 0.917 bits per heavy atom. The summed E-state index contributed by atoms with van der Waals surface area (Å²) >= 11 is -3.86. The van der Waals surface area contributed by atoms with Gasteiger partial charge in [0.15, 0.2) is 0 Å². The summed E-state index contributed by atoms with van der Waals surface area (Å²) in [7, 11) is 0. The zero-order chi connectivity index (χ0) is 17.2. The molecular formula is C19H24O4Ti. The van der Waals surface area contributed by atoms with Gasteiger partial charge >= 0.3 is 148 Å². The monoisotopic (exact) mass is 364 g/mol. The average molecular weight is 364 g/mol. The standard InChI is InChI=1S/C11H10.2C4H8O2.Ti/c1-2-6-10(5-1)9-11-7-3-4-8-11;2*1-2-3-4(5)6;/h1,3,5,7H,2,4,9H2;2*2-3H2,1H3,(H,5,6);/q;;;+2/p-2. The van der Waals surface area contributed by atoms with Gasteiger partial charge in [-0.3, -0.25) is 0 Å². The van der Waals surface area contributed by atoms with Gasteiger partial charge in [-0.15, -0.1) is 0 Å². The summed E-state index contributed by atoms with van der Waals surface area (Å²) in [5.41, 5.74) is 2.38. The minimum atomic E-state index is -3.86. The molecule has 0 radical (unpaired) electrons. The first kappa shape index (κ1) is 17.4. The van der Waals surface area contributed by atoms with Gasteiger partial charge in [0.05, 0.1) is 0 Å². The number of hydrogen-bond donors (Lipinski definition) is 0. The molecule has 4 nitrogen and oxygen atoms in total. The Morgan fingerprint density at radius 3 is 1.79 bits per heavy atom. The van der Waals surface area contributed by atoms with Crippen LogP contribution < -0.4 is 0 Å². The molecule has 128 valence electrons. The molecule has 0 aromatic carbocycles. The van der Waals surface area contributed by atoms with E-state index in [1.165, 1.54) is 11.1 Å². The van der Waals surface area contributed by atoms with Gasteiger partial charge in [-0.1, -0.05) is 0 Å². The van der Waals surface area contributed by atoms with E-state index in [1.807, 2.05) is 13.8 Å². The quantitative estimate of drug-likeness (QED) is 0.652. The molecule has 0 saturated carbocycles. The van der Waals surface area contributed by atoms with Crippen molar-refractivity contribution in [1.29, 1.82) is 0 Å². The van der Waals surface area contributed by atoms with Crippen molar-refractivity contribution in [3.63, 3.8) is 0 Å². The fourth-order valence-corrected chi connectivity index (χ4v) is 9.40. The van der Waals surface area contributed by atoms with Crippen molar-refractivity contribution in [3.05, 3.63) is 43.2 Å². The van der Waals surface area contributed by atoms with Gasteiger partial charge in [0, 0.05) is 0 Å². The van der Waals surface area contributed by atoms with Crippen LogP contribution in [0.15, 0.2) is 43.2 Å². The SMILES string of the molecule is CCCC(=O)[O][Ti]1([O]C(=O)CCC)[C]2=C(C=CC2)CC2=[C]1CC=C2. The molecule has 0 spiro atoms. The fourth-order valence-electron chi connectivity index (χ4n) is 3.61. The van der Waals surface area contributed by atoms with Gasteiger partial charge in [-0.2, -0.15) is 0 Å². The van der Waals surface area contributed by atoms with E-state index in [0.29, 0.717) is 12.8 Å². The van der Waals surface area contributed by atoms with E-state index in [9.17, 15) is 9.59 Å². The van der Waals surface area contributed by atoms with Crippen molar-refractivity contribution >= 4 is 11.9 Å². The third kappa shape index (κ3) is 3.10. The minimum absolute atomic E-state index is 0.235. The molecule has 0 aromatic heterocycles. The Hall–Kier alpha value is -1.39. The van der Waals surface area contributed by atoms with Crippen molar-refractivity contribution in [2.75, 3.05) is 0 Å². The molecule has 0 aromatic rings. The summed E-state index contributed by atoms with van der Waals surface area (Å²) in [4.78, 5) is 24.8. The van der Waals surface area contributed by atoms with Crippen LogP contribution in [0, 0.1) is 0 Å². The molecule has 0 saturated heterocycles. The van der Waals surface area contributed by atoms with Crippen LogP contribution in [-0.4, -0.2) is 11.9 Å². The molecule has 24 heavy (non-hydrogen) atoms. The third-order valence-corrected chi connectivity index (χ3v) is 10.4. The Kier molecular flexibility index (Phi) is 5.26. The molecule has 5 heteroatoms. The zero-order valence-electron chi connectivity index (χ0n) is 14.4. The van der Waals surface area contributed by atoms with Gasteiger partial charge in [-0.25, -0.2) is 0 Å². The fraction of sp³-hybridized carbons (Fsp3) is 0.474. The molecule has 0 N–H and O–H groups in total. The zero-order valence-corrected chi connectivity index (χ0v) is 16.0. The van der Waals surface area contributed by atoms with Crippen LogP contribution in [0.2, 0.25) is 0 Å². The van der Waals surface area contributed by atoms with Crippen molar-refractivity contribution in [2.45, 2.75) is 58.8 Å². The van der Waals surface area contributed by atoms with Crippen LogP contribution in [-0.2, 0) is 33.6 Å². The molecule has 3 rings (SSSR count). The topological polar surface area (TPSA) is 52.6 Å². The predicted octanol–water partition coefficient (Wildman–Crippen LogP) is 4.49. The molecular weight excluding hydrogens is 340 g/mol. The van der Waals surface area contributed by atoms with Crippen molar-refractivity contribution in [2.24, 2.45) is 0 Å². The molecule has 0 bridgehead atoms. The van der Waals surface area contributed by atoms with Gasteiger partial charge in [0.25, 0.3) is 0 Å². The van der Waals surface area contributed by atoms with Crippen LogP contribution in [0.1, 0.15) is 58.8 Å². The Morgan fingerprint density at radius 2 is 1.38 bits per heavy atom. The molecule has 3 aliphatic rings. The number of carbonyl (C=O) groups is 2. The van der Waals surface area contributed by atoms with E-state index in [0.717, 1.165) is 39.9 Å². The van der Waals surface area contributed by atoms with E-state index < -0.39 is 17.4 Å². The first-order chi connectivity index (χ1) is 11.6. The van der Waals surface area contributed by atoms with Gasteiger partial charge in [0.2, 0.25) is 0 Å². The molecule has 1 heterocycles. The summed E-state index contributed by atoms with van der Waals surface area (Å²) in [6.07, 6.45) is 12.9. The maximum atomic E-state index is 12.4.